The first kappa shape index (κ1) is 15.1. The van der Waals surface area contributed by atoms with Crippen molar-refractivity contribution in [1.82, 2.24) is 0 Å². The Morgan fingerprint density at radius 3 is 2.60 bits per heavy atom. The first-order valence-electron chi connectivity index (χ1n) is 6.93. The van der Waals surface area contributed by atoms with Crippen molar-refractivity contribution < 1.29 is 8.42 Å². The molecule has 0 aromatic heterocycles. The summed E-state index contributed by atoms with van der Waals surface area (Å²) < 4.78 is 24.4. The fraction of sp³-hybridized carbons (Fsp3) is 0.571. The van der Waals surface area contributed by atoms with Crippen molar-refractivity contribution in [3.05, 3.63) is 24.3 Å². The Balaban J connectivity index is 2.11. The van der Waals surface area contributed by atoms with Crippen molar-refractivity contribution in [3.63, 3.8) is 0 Å². The van der Waals surface area contributed by atoms with Crippen molar-refractivity contribution in [1.29, 1.82) is 0 Å². The van der Waals surface area contributed by atoms with Crippen LogP contribution in [0, 0.1) is 5.41 Å². The highest BCUT2D eigenvalue weighted by atomic mass is 32.2. The molecule has 0 radical (unpaired) electrons. The van der Waals surface area contributed by atoms with Crippen molar-refractivity contribution >= 4 is 21.6 Å². The molecule has 1 atom stereocenters. The standard InChI is InChI=1S/C14H23N3O2S/c1-14(2)9-4-3-8-13(14)16-11-6-5-7-12(10-11)17-20(15,18)19/h5-7,10,13,16-17H,3-4,8-9H2,1-2H3,(H2,15,18,19). The lowest BCUT2D eigenvalue weighted by Crippen LogP contribution is -2.38. The van der Waals surface area contributed by atoms with Gasteiger partial charge in [0.2, 0.25) is 0 Å². The summed E-state index contributed by atoms with van der Waals surface area (Å²) in [6.07, 6.45) is 4.86. The van der Waals surface area contributed by atoms with E-state index in [-0.39, 0.29) is 5.41 Å². The molecule has 1 unspecified atom stereocenters. The molecule has 0 saturated heterocycles. The Morgan fingerprint density at radius 1 is 1.25 bits per heavy atom. The summed E-state index contributed by atoms with van der Waals surface area (Å²) >= 11 is 0. The molecule has 0 heterocycles. The van der Waals surface area contributed by atoms with Gasteiger partial charge in [0.25, 0.3) is 10.2 Å². The molecule has 0 amide bonds. The van der Waals surface area contributed by atoms with Gasteiger partial charge in [0.05, 0.1) is 5.69 Å². The third-order valence-corrected chi connectivity index (χ3v) is 4.49. The largest absolute Gasteiger partial charge is 0.382 e. The molecule has 20 heavy (non-hydrogen) atoms. The van der Waals surface area contributed by atoms with Crippen LogP contribution in [0.5, 0.6) is 0 Å². The van der Waals surface area contributed by atoms with Gasteiger partial charge >= 0.3 is 0 Å². The van der Waals surface area contributed by atoms with Crippen LogP contribution in [0.2, 0.25) is 0 Å². The number of nitrogens with two attached hydrogens (primary N) is 1. The van der Waals surface area contributed by atoms with Crippen molar-refractivity contribution in [2.75, 3.05) is 10.0 Å². The number of nitrogens with one attached hydrogen (secondary N) is 2. The predicted molar refractivity (Wildman–Crippen MR) is 82.8 cm³/mol. The molecule has 1 aromatic rings. The van der Waals surface area contributed by atoms with E-state index in [9.17, 15) is 8.42 Å². The maximum absolute atomic E-state index is 11.1. The maximum Gasteiger partial charge on any atom is 0.296 e. The molecule has 5 nitrogen and oxygen atoms in total. The van der Waals surface area contributed by atoms with Crippen LogP contribution in [0.1, 0.15) is 39.5 Å². The second-order valence-corrected chi connectivity index (χ2v) is 7.45. The molecule has 0 bridgehead atoms. The van der Waals surface area contributed by atoms with E-state index in [1.54, 1.807) is 12.1 Å². The molecule has 1 fully saturated rings. The average molecular weight is 297 g/mol. The molecule has 2 rings (SSSR count). The van der Waals surface area contributed by atoms with Crippen LogP contribution in [0.25, 0.3) is 0 Å². The molecule has 6 heteroatoms. The van der Waals surface area contributed by atoms with E-state index >= 15 is 0 Å². The van der Waals surface area contributed by atoms with Crippen molar-refractivity contribution in [3.8, 4) is 0 Å². The van der Waals surface area contributed by atoms with Gasteiger partial charge in [-0.15, -0.1) is 0 Å². The normalized spacial score (nSPS) is 22.2. The highest BCUT2D eigenvalue weighted by molar-refractivity contribution is 7.90. The minimum atomic E-state index is -3.73. The molecule has 1 aromatic carbocycles. The lowest BCUT2D eigenvalue weighted by molar-refractivity contribution is 0.217. The molecule has 4 N–H and O–H groups in total. The van der Waals surface area contributed by atoms with Gasteiger partial charge in [-0.1, -0.05) is 32.8 Å². The van der Waals surface area contributed by atoms with Gasteiger partial charge in [-0.25, -0.2) is 5.14 Å². The van der Waals surface area contributed by atoms with Gasteiger partial charge in [-0.2, -0.15) is 8.42 Å². The van der Waals surface area contributed by atoms with Crippen LogP contribution in [-0.4, -0.2) is 14.5 Å². The molecule has 1 saturated carbocycles. The SMILES string of the molecule is CC1(C)CCCCC1Nc1cccc(NS(N)(=O)=O)c1. The van der Waals surface area contributed by atoms with Crippen LogP contribution >= 0.6 is 0 Å². The first-order valence-corrected chi connectivity index (χ1v) is 8.48. The average Bonchev–Trinajstić information content (AvgIpc) is 2.30. The second-order valence-electron chi connectivity index (χ2n) is 6.16. The number of benzene rings is 1. The Kier molecular flexibility index (Phi) is 4.25. The zero-order valence-corrected chi connectivity index (χ0v) is 12.8. The van der Waals surface area contributed by atoms with Gasteiger partial charge < -0.3 is 5.32 Å². The topological polar surface area (TPSA) is 84.2 Å². The minimum Gasteiger partial charge on any atom is -0.382 e. The zero-order valence-electron chi connectivity index (χ0n) is 12.0. The Bertz CT molecular complexity index is 570. The number of hydrogen-bond donors (Lipinski definition) is 3. The van der Waals surface area contributed by atoms with Crippen LogP contribution in [0.15, 0.2) is 24.3 Å². The summed E-state index contributed by atoms with van der Waals surface area (Å²) in [5.41, 5.74) is 1.64. The number of hydrogen-bond acceptors (Lipinski definition) is 3. The third kappa shape index (κ3) is 4.11. The summed E-state index contributed by atoms with van der Waals surface area (Å²) in [6.45, 7) is 4.55. The van der Waals surface area contributed by atoms with Gasteiger partial charge in [-0.3, -0.25) is 4.72 Å². The molecule has 1 aliphatic carbocycles. The minimum absolute atomic E-state index is 0.252. The van der Waals surface area contributed by atoms with Gasteiger partial charge in [0, 0.05) is 11.7 Å². The maximum atomic E-state index is 11.1. The van der Waals surface area contributed by atoms with E-state index in [4.69, 9.17) is 5.14 Å². The smallest absolute Gasteiger partial charge is 0.296 e. The summed E-state index contributed by atoms with van der Waals surface area (Å²) in [5, 5.41) is 8.51. The molecule has 0 spiro atoms. The highest BCUT2D eigenvalue weighted by Gasteiger charge is 2.31. The monoisotopic (exact) mass is 297 g/mol. The Labute approximate surface area is 121 Å². The Hall–Kier alpha value is -1.27. The molecule has 112 valence electrons. The molecular weight excluding hydrogens is 274 g/mol. The molecular formula is C14H23N3O2S. The summed E-state index contributed by atoms with van der Waals surface area (Å²) in [7, 11) is -3.73. The quantitative estimate of drug-likeness (QED) is 0.799. The highest BCUT2D eigenvalue weighted by Crippen LogP contribution is 2.37. The van der Waals surface area contributed by atoms with E-state index in [1.165, 1.54) is 19.3 Å². The van der Waals surface area contributed by atoms with E-state index < -0.39 is 10.2 Å². The summed E-state index contributed by atoms with van der Waals surface area (Å²) in [5.74, 6) is 0. The summed E-state index contributed by atoms with van der Waals surface area (Å²) in [6, 6.07) is 7.61. The summed E-state index contributed by atoms with van der Waals surface area (Å²) in [4.78, 5) is 0. The molecule has 1 aliphatic rings. The lowest BCUT2D eigenvalue weighted by Gasteiger charge is -2.39. The van der Waals surface area contributed by atoms with Crippen LogP contribution in [-0.2, 0) is 10.2 Å². The zero-order chi connectivity index (χ0) is 14.8. The predicted octanol–water partition coefficient (Wildman–Crippen LogP) is 2.68. The first-order chi connectivity index (χ1) is 9.26. The van der Waals surface area contributed by atoms with Crippen LogP contribution in [0.3, 0.4) is 0 Å². The van der Waals surface area contributed by atoms with E-state index in [0.29, 0.717) is 11.7 Å². The van der Waals surface area contributed by atoms with E-state index in [2.05, 4.69) is 23.9 Å². The third-order valence-electron chi connectivity index (χ3n) is 3.97. The lowest BCUT2D eigenvalue weighted by atomic mass is 9.73. The van der Waals surface area contributed by atoms with Crippen LogP contribution < -0.4 is 15.2 Å². The van der Waals surface area contributed by atoms with E-state index in [1.807, 2.05) is 12.1 Å². The van der Waals surface area contributed by atoms with Crippen LogP contribution in [0.4, 0.5) is 11.4 Å². The van der Waals surface area contributed by atoms with Gasteiger partial charge in [0.1, 0.15) is 0 Å². The van der Waals surface area contributed by atoms with Crippen molar-refractivity contribution in [2.24, 2.45) is 10.6 Å². The fourth-order valence-electron chi connectivity index (χ4n) is 2.80. The number of anilines is 2. The van der Waals surface area contributed by atoms with Crippen molar-refractivity contribution in [2.45, 2.75) is 45.6 Å². The fourth-order valence-corrected chi connectivity index (χ4v) is 3.25. The number of rotatable bonds is 4. The van der Waals surface area contributed by atoms with Gasteiger partial charge in [0.15, 0.2) is 0 Å². The molecule has 0 aliphatic heterocycles. The Morgan fingerprint density at radius 2 is 1.95 bits per heavy atom. The van der Waals surface area contributed by atoms with E-state index in [0.717, 1.165) is 12.1 Å². The second kappa shape index (κ2) is 5.61. The van der Waals surface area contributed by atoms with Gasteiger partial charge in [-0.05, 0) is 36.5 Å².